The lowest BCUT2D eigenvalue weighted by atomic mass is 9.89. The normalized spacial score (nSPS) is 24.0. The Bertz CT molecular complexity index is 801. The summed E-state index contributed by atoms with van der Waals surface area (Å²) in [5, 5.41) is 3.11. The minimum atomic E-state index is -4.67. The van der Waals surface area contributed by atoms with Gasteiger partial charge in [0.1, 0.15) is 5.69 Å². The van der Waals surface area contributed by atoms with E-state index in [1.165, 1.54) is 6.92 Å². The summed E-state index contributed by atoms with van der Waals surface area (Å²) in [5.41, 5.74) is -3.99. The molecule has 0 saturated carbocycles. The van der Waals surface area contributed by atoms with Crippen LogP contribution in [0.25, 0.3) is 0 Å². The first-order chi connectivity index (χ1) is 11.6. The lowest BCUT2D eigenvalue weighted by Gasteiger charge is -2.32. The van der Waals surface area contributed by atoms with Gasteiger partial charge in [-0.2, -0.15) is 13.2 Å². The Morgan fingerprint density at radius 1 is 1.28 bits per heavy atom. The molecule has 138 valence electrons. The Hall–Kier alpha value is -1.52. The van der Waals surface area contributed by atoms with Crippen molar-refractivity contribution < 1.29 is 31.1 Å². The highest BCUT2D eigenvalue weighted by molar-refractivity contribution is 7.92. The summed E-state index contributed by atoms with van der Waals surface area (Å²) in [6.45, 7) is 2.39. The van der Waals surface area contributed by atoms with Crippen LogP contribution in [0.4, 0.5) is 13.2 Å². The van der Waals surface area contributed by atoms with E-state index in [-0.39, 0.29) is 12.1 Å². The first-order valence-corrected chi connectivity index (χ1v) is 9.30. The average molecular weight is 378 g/mol. The second kappa shape index (κ2) is 6.03. The number of carbonyl (C=O) groups excluding carboxylic acids is 1. The minimum absolute atomic E-state index is 0.00825. The first kappa shape index (κ1) is 18.3. The van der Waals surface area contributed by atoms with Gasteiger partial charge in [0.2, 0.25) is 15.3 Å². The van der Waals surface area contributed by atoms with Crippen molar-refractivity contribution in [1.82, 2.24) is 10.3 Å². The summed E-state index contributed by atoms with van der Waals surface area (Å²) in [6.07, 6.45) is -3.67. The van der Waals surface area contributed by atoms with Gasteiger partial charge < -0.3 is 10.1 Å². The molecular formula is C15H17F3N2O4S. The molecule has 6 nitrogen and oxygen atoms in total. The second-order valence-electron chi connectivity index (χ2n) is 6.35. The average Bonchev–Trinajstić information content (AvgIpc) is 2.83. The van der Waals surface area contributed by atoms with Gasteiger partial charge in [-0.25, -0.2) is 13.4 Å². The quantitative estimate of drug-likeness (QED) is 0.842. The Kier molecular flexibility index (Phi) is 4.41. The predicted molar refractivity (Wildman–Crippen MR) is 80.5 cm³/mol. The van der Waals surface area contributed by atoms with Gasteiger partial charge in [-0.3, -0.25) is 4.79 Å². The number of Topliss-reactive ketones (excluding diaryl/α,β-unsaturated/α-hetero) is 1. The maximum absolute atomic E-state index is 12.8. The number of hydrogen-bond donors (Lipinski definition) is 1. The lowest BCUT2D eigenvalue weighted by molar-refractivity contribution is -0.141. The number of nitrogens with one attached hydrogen (secondary N) is 1. The highest BCUT2D eigenvalue weighted by atomic mass is 32.2. The van der Waals surface area contributed by atoms with E-state index in [0.717, 1.165) is 6.07 Å². The van der Waals surface area contributed by atoms with Gasteiger partial charge in [-0.15, -0.1) is 0 Å². The summed E-state index contributed by atoms with van der Waals surface area (Å²) < 4.78 is 69.3. The van der Waals surface area contributed by atoms with Crippen LogP contribution in [0.2, 0.25) is 0 Å². The van der Waals surface area contributed by atoms with E-state index in [1.54, 1.807) is 0 Å². The molecule has 3 rings (SSSR count). The number of aryl methyl sites for hydroxylation is 1. The molecule has 0 radical (unpaired) electrons. The molecule has 3 heterocycles. The van der Waals surface area contributed by atoms with Crippen molar-refractivity contribution in [1.29, 1.82) is 0 Å². The third-order valence-corrected chi connectivity index (χ3v) is 6.51. The number of halogens is 3. The van der Waals surface area contributed by atoms with Crippen LogP contribution in [0, 0.1) is 6.92 Å². The van der Waals surface area contributed by atoms with Crippen molar-refractivity contribution in [2.75, 3.05) is 13.1 Å². The fraction of sp³-hybridized carbons (Fsp3) is 0.600. The summed E-state index contributed by atoms with van der Waals surface area (Å²) in [5.74, 6) is -0.568. The number of sulfone groups is 1. The fourth-order valence-electron chi connectivity index (χ4n) is 3.27. The topological polar surface area (TPSA) is 85.4 Å². The summed E-state index contributed by atoms with van der Waals surface area (Å²) in [7, 11) is -4.28. The maximum Gasteiger partial charge on any atom is 0.433 e. The van der Waals surface area contributed by atoms with Crippen molar-refractivity contribution in [2.24, 2.45) is 0 Å². The van der Waals surface area contributed by atoms with Crippen molar-refractivity contribution in [2.45, 2.75) is 48.3 Å². The highest BCUT2D eigenvalue weighted by Gasteiger charge is 2.52. The third-order valence-electron chi connectivity index (χ3n) is 4.55. The van der Waals surface area contributed by atoms with Crippen LogP contribution in [0.1, 0.15) is 30.7 Å². The van der Waals surface area contributed by atoms with Crippen molar-refractivity contribution in [3.05, 3.63) is 23.5 Å². The highest BCUT2D eigenvalue weighted by Crippen LogP contribution is 2.39. The molecule has 1 N–H and O–H groups in total. The largest absolute Gasteiger partial charge is 0.433 e. The van der Waals surface area contributed by atoms with Crippen LogP contribution in [-0.4, -0.2) is 43.3 Å². The molecule has 10 heteroatoms. The number of hydrogen-bond acceptors (Lipinski definition) is 6. The van der Waals surface area contributed by atoms with Gasteiger partial charge >= 0.3 is 6.18 Å². The molecule has 0 amide bonds. The first-order valence-electron chi connectivity index (χ1n) is 7.75. The monoisotopic (exact) mass is 378 g/mol. The molecule has 0 aromatic carbocycles. The number of piperidine rings is 1. The molecule has 1 unspecified atom stereocenters. The number of ketones is 1. The minimum Gasteiger partial charge on any atom is -0.347 e. The molecule has 0 bridgehead atoms. The third kappa shape index (κ3) is 3.30. The van der Waals surface area contributed by atoms with Crippen molar-refractivity contribution in [3.8, 4) is 0 Å². The fourth-order valence-corrected chi connectivity index (χ4v) is 4.98. The molecule has 2 aliphatic heterocycles. The van der Waals surface area contributed by atoms with Gasteiger partial charge in [0.15, 0.2) is 5.78 Å². The maximum atomic E-state index is 12.8. The SMILES string of the molecule is Cc1nc(C(F)(F)F)ccc1S(=O)(=O)C1OC2(CCNCC2)CC1=O. The van der Waals surface area contributed by atoms with Crippen LogP contribution in [0.5, 0.6) is 0 Å². The molecule has 2 aliphatic rings. The van der Waals surface area contributed by atoms with Gasteiger partial charge in [0.25, 0.3) is 0 Å². The number of rotatable bonds is 2. The van der Waals surface area contributed by atoms with Crippen LogP contribution < -0.4 is 5.32 Å². The lowest BCUT2D eigenvalue weighted by Crippen LogP contribution is -2.42. The van der Waals surface area contributed by atoms with Crippen LogP contribution in [0.3, 0.4) is 0 Å². The number of pyridine rings is 1. The van der Waals surface area contributed by atoms with E-state index in [1.807, 2.05) is 0 Å². The number of ether oxygens (including phenoxy) is 1. The van der Waals surface area contributed by atoms with E-state index in [0.29, 0.717) is 32.0 Å². The number of carbonyl (C=O) groups is 1. The van der Waals surface area contributed by atoms with E-state index in [2.05, 4.69) is 10.3 Å². The number of nitrogens with zero attached hydrogens (tertiary/aromatic N) is 1. The van der Waals surface area contributed by atoms with Crippen molar-refractivity contribution in [3.63, 3.8) is 0 Å². The molecular weight excluding hydrogens is 361 g/mol. The van der Waals surface area contributed by atoms with Gasteiger partial charge in [0, 0.05) is 6.42 Å². The molecule has 1 spiro atoms. The van der Waals surface area contributed by atoms with E-state index in [9.17, 15) is 26.4 Å². The van der Waals surface area contributed by atoms with E-state index in [4.69, 9.17) is 4.74 Å². The zero-order valence-electron chi connectivity index (χ0n) is 13.4. The Labute approximate surface area is 142 Å². The molecule has 1 aromatic heterocycles. The van der Waals surface area contributed by atoms with E-state index >= 15 is 0 Å². The second-order valence-corrected chi connectivity index (χ2v) is 8.31. The summed E-state index contributed by atoms with van der Waals surface area (Å²) >= 11 is 0. The van der Waals surface area contributed by atoms with Gasteiger partial charge in [0.05, 0.1) is 16.2 Å². The predicted octanol–water partition coefficient (Wildman–Crippen LogP) is 1.62. The zero-order chi connectivity index (χ0) is 18.5. The number of alkyl halides is 3. The van der Waals surface area contributed by atoms with Gasteiger partial charge in [-0.05, 0) is 45.0 Å². The molecule has 2 saturated heterocycles. The smallest absolute Gasteiger partial charge is 0.347 e. The molecule has 2 fully saturated rings. The molecule has 1 atom stereocenters. The van der Waals surface area contributed by atoms with Crippen LogP contribution in [0.15, 0.2) is 17.0 Å². The standard InChI is InChI=1S/C15H17F3N2O4S/c1-9-11(2-3-12(20-9)15(16,17)18)25(22,23)13-10(21)8-14(24-13)4-6-19-7-5-14/h2-3,13,19H,4-8H2,1H3. The summed E-state index contributed by atoms with van der Waals surface area (Å²) in [6, 6.07) is 1.43. The Balaban J connectivity index is 1.93. The molecule has 25 heavy (non-hydrogen) atoms. The van der Waals surface area contributed by atoms with E-state index < -0.39 is 43.4 Å². The zero-order valence-corrected chi connectivity index (χ0v) is 14.2. The Morgan fingerprint density at radius 2 is 1.92 bits per heavy atom. The Morgan fingerprint density at radius 3 is 2.48 bits per heavy atom. The molecule has 0 aliphatic carbocycles. The van der Waals surface area contributed by atoms with Crippen LogP contribution >= 0.6 is 0 Å². The van der Waals surface area contributed by atoms with Crippen molar-refractivity contribution >= 4 is 15.6 Å². The summed E-state index contributed by atoms with van der Waals surface area (Å²) in [4.78, 5) is 15.2. The van der Waals surface area contributed by atoms with Gasteiger partial charge in [-0.1, -0.05) is 0 Å². The van der Waals surface area contributed by atoms with Crippen LogP contribution in [-0.2, 0) is 25.5 Å². The molecule has 1 aromatic rings. The number of aromatic nitrogens is 1.